The van der Waals surface area contributed by atoms with Gasteiger partial charge in [0, 0.05) is 5.56 Å². The standard InChI is InChI=1S/C14H16N2/c1-2-5-11-6-3-7-12(10-11)13-8-4-9-14(15)16-13/h3-4,6-10H,2,5H2,1H3,(H2,15,16). The zero-order valence-corrected chi connectivity index (χ0v) is 9.48. The Bertz CT molecular complexity index is 478. The lowest BCUT2D eigenvalue weighted by Crippen LogP contribution is -1.92. The number of benzene rings is 1. The van der Waals surface area contributed by atoms with Crippen molar-refractivity contribution < 1.29 is 0 Å². The van der Waals surface area contributed by atoms with Crippen molar-refractivity contribution in [3.05, 3.63) is 48.0 Å². The molecule has 2 nitrogen and oxygen atoms in total. The Morgan fingerprint density at radius 3 is 2.69 bits per heavy atom. The second-order valence-corrected chi connectivity index (χ2v) is 3.90. The summed E-state index contributed by atoms with van der Waals surface area (Å²) in [5.41, 5.74) is 9.11. The summed E-state index contributed by atoms with van der Waals surface area (Å²) >= 11 is 0. The van der Waals surface area contributed by atoms with Crippen molar-refractivity contribution in [3.8, 4) is 11.3 Å². The highest BCUT2D eigenvalue weighted by Gasteiger charge is 2.00. The minimum atomic E-state index is 0.568. The van der Waals surface area contributed by atoms with Crippen LogP contribution in [0.3, 0.4) is 0 Å². The Morgan fingerprint density at radius 2 is 1.94 bits per heavy atom. The molecule has 1 aromatic carbocycles. The van der Waals surface area contributed by atoms with Crippen LogP contribution in [0.2, 0.25) is 0 Å². The second-order valence-electron chi connectivity index (χ2n) is 3.90. The van der Waals surface area contributed by atoms with E-state index in [1.807, 2.05) is 12.1 Å². The number of hydrogen-bond acceptors (Lipinski definition) is 2. The van der Waals surface area contributed by atoms with E-state index in [-0.39, 0.29) is 0 Å². The van der Waals surface area contributed by atoms with Gasteiger partial charge in [0.05, 0.1) is 5.69 Å². The highest BCUT2D eigenvalue weighted by molar-refractivity contribution is 5.61. The molecule has 0 fully saturated rings. The van der Waals surface area contributed by atoms with Crippen molar-refractivity contribution >= 4 is 5.82 Å². The van der Waals surface area contributed by atoms with E-state index in [0.717, 1.165) is 24.1 Å². The molecule has 0 amide bonds. The van der Waals surface area contributed by atoms with Crippen molar-refractivity contribution in [1.82, 2.24) is 4.98 Å². The van der Waals surface area contributed by atoms with Crippen molar-refractivity contribution in [2.45, 2.75) is 19.8 Å². The van der Waals surface area contributed by atoms with E-state index in [2.05, 4.69) is 36.2 Å². The van der Waals surface area contributed by atoms with Gasteiger partial charge in [-0.2, -0.15) is 0 Å². The Morgan fingerprint density at radius 1 is 1.12 bits per heavy atom. The highest BCUT2D eigenvalue weighted by Crippen LogP contribution is 2.19. The Kier molecular flexibility index (Phi) is 3.20. The van der Waals surface area contributed by atoms with E-state index in [9.17, 15) is 0 Å². The Hall–Kier alpha value is -1.83. The lowest BCUT2D eigenvalue weighted by atomic mass is 10.0. The summed E-state index contributed by atoms with van der Waals surface area (Å²) in [6.45, 7) is 2.19. The molecule has 16 heavy (non-hydrogen) atoms. The van der Waals surface area contributed by atoms with Gasteiger partial charge in [-0.1, -0.05) is 37.6 Å². The number of nitrogens with two attached hydrogens (primary N) is 1. The first-order valence-electron chi connectivity index (χ1n) is 5.61. The average molecular weight is 212 g/mol. The molecule has 2 N–H and O–H groups in total. The number of aryl methyl sites for hydroxylation is 1. The van der Waals surface area contributed by atoms with E-state index < -0.39 is 0 Å². The lowest BCUT2D eigenvalue weighted by Gasteiger charge is -2.04. The molecule has 0 aliphatic carbocycles. The maximum atomic E-state index is 5.68. The molecule has 0 spiro atoms. The summed E-state index contributed by atoms with van der Waals surface area (Å²) in [5.74, 6) is 0.568. The van der Waals surface area contributed by atoms with Gasteiger partial charge in [-0.15, -0.1) is 0 Å². The van der Waals surface area contributed by atoms with E-state index in [4.69, 9.17) is 5.73 Å². The van der Waals surface area contributed by atoms with Gasteiger partial charge in [0.1, 0.15) is 5.82 Å². The molecule has 0 unspecified atom stereocenters. The topological polar surface area (TPSA) is 38.9 Å². The van der Waals surface area contributed by atoms with Crippen LogP contribution in [0.1, 0.15) is 18.9 Å². The molecule has 0 bridgehead atoms. The fourth-order valence-electron chi connectivity index (χ4n) is 1.79. The third-order valence-electron chi connectivity index (χ3n) is 2.53. The number of hydrogen-bond donors (Lipinski definition) is 1. The molecular weight excluding hydrogens is 196 g/mol. The molecule has 2 aromatic rings. The molecule has 0 atom stereocenters. The summed E-state index contributed by atoms with van der Waals surface area (Å²) in [5, 5.41) is 0. The molecule has 82 valence electrons. The smallest absolute Gasteiger partial charge is 0.124 e. The van der Waals surface area contributed by atoms with Crippen LogP contribution in [0.5, 0.6) is 0 Å². The SMILES string of the molecule is CCCc1cccc(-c2cccc(N)n2)c1. The fourth-order valence-corrected chi connectivity index (χ4v) is 1.79. The minimum Gasteiger partial charge on any atom is -0.384 e. The van der Waals surface area contributed by atoms with Crippen molar-refractivity contribution in [1.29, 1.82) is 0 Å². The number of rotatable bonds is 3. The lowest BCUT2D eigenvalue weighted by molar-refractivity contribution is 0.922. The van der Waals surface area contributed by atoms with Gasteiger partial charge in [-0.25, -0.2) is 4.98 Å². The normalized spacial score (nSPS) is 10.3. The number of aromatic nitrogens is 1. The van der Waals surface area contributed by atoms with Gasteiger partial charge < -0.3 is 5.73 Å². The third-order valence-corrected chi connectivity index (χ3v) is 2.53. The molecule has 2 heteroatoms. The van der Waals surface area contributed by atoms with Crippen LogP contribution in [0, 0.1) is 0 Å². The van der Waals surface area contributed by atoms with Crippen LogP contribution < -0.4 is 5.73 Å². The van der Waals surface area contributed by atoms with Gasteiger partial charge in [-0.05, 0) is 30.2 Å². The maximum Gasteiger partial charge on any atom is 0.124 e. The molecule has 0 aliphatic heterocycles. The molecular formula is C14H16N2. The molecule has 1 aromatic heterocycles. The highest BCUT2D eigenvalue weighted by atomic mass is 14.8. The van der Waals surface area contributed by atoms with Crippen molar-refractivity contribution in [2.24, 2.45) is 0 Å². The molecule has 0 aliphatic rings. The van der Waals surface area contributed by atoms with Crippen LogP contribution in [-0.4, -0.2) is 4.98 Å². The molecule has 0 saturated carbocycles. The third kappa shape index (κ3) is 2.40. The summed E-state index contributed by atoms with van der Waals surface area (Å²) < 4.78 is 0. The number of nitrogens with zero attached hydrogens (tertiary/aromatic N) is 1. The summed E-state index contributed by atoms with van der Waals surface area (Å²) in [6, 6.07) is 14.2. The van der Waals surface area contributed by atoms with Crippen molar-refractivity contribution in [3.63, 3.8) is 0 Å². The van der Waals surface area contributed by atoms with Crippen LogP contribution in [0.25, 0.3) is 11.3 Å². The van der Waals surface area contributed by atoms with Crippen LogP contribution in [0.15, 0.2) is 42.5 Å². The maximum absolute atomic E-state index is 5.68. The van der Waals surface area contributed by atoms with E-state index in [0.29, 0.717) is 5.82 Å². The Labute approximate surface area is 96.1 Å². The zero-order valence-electron chi connectivity index (χ0n) is 9.48. The van der Waals surface area contributed by atoms with Crippen molar-refractivity contribution in [2.75, 3.05) is 5.73 Å². The largest absolute Gasteiger partial charge is 0.384 e. The number of nitrogen functional groups attached to an aromatic ring is 1. The second kappa shape index (κ2) is 4.79. The van der Waals surface area contributed by atoms with E-state index in [1.54, 1.807) is 6.07 Å². The summed E-state index contributed by atoms with van der Waals surface area (Å²) in [6.07, 6.45) is 2.27. The van der Waals surface area contributed by atoms with Crippen LogP contribution >= 0.6 is 0 Å². The van der Waals surface area contributed by atoms with Gasteiger partial charge in [0.25, 0.3) is 0 Å². The Balaban J connectivity index is 2.36. The van der Waals surface area contributed by atoms with Gasteiger partial charge in [0.15, 0.2) is 0 Å². The molecule has 1 heterocycles. The van der Waals surface area contributed by atoms with Crippen LogP contribution in [-0.2, 0) is 6.42 Å². The monoisotopic (exact) mass is 212 g/mol. The quantitative estimate of drug-likeness (QED) is 0.848. The minimum absolute atomic E-state index is 0.568. The average Bonchev–Trinajstić information content (AvgIpc) is 2.30. The van der Waals surface area contributed by atoms with Gasteiger partial charge in [0.2, 0.25) is 0 Å². The van der Waals surface area contributed by atoms with Gasteiger partial charge >= 0.3 is 0 Å². The van der Waals surface area contributed by atoms with Gasteiger partial charge in [-0.3, -0.25) is 0 Å². The molecule has 0 radical (unpaired) electrons. The fraction of sp³-hybridized carbons (Fsp3) is 0.214. The zero-order chi connectivity index (χ0) is 11.4. The number of pyridine rings is 1. The predicted octanol–water partition coefficient (Wildman–Crippen LogP) is 3.28. The molecule has 0 saturated heterocycles. The first kappa shape index (κ1) is 10.7. The molecule has 2 rings (SSSR count). The number of anilines is 1. The summed E-state index contributed by atoms with van der Waals surface area (Å²) in [7, 11) is 0. The predicted molar refractivity (Wildman–Crippen MR) is 68.1 cm³/mol. The first-order chi connectivity index (χ1) is 7.79. The van der Waals surface area contributed by atoms with Crippen LogP contribution in [0.4, 0.5) is 5.82 Å². The van der Waals surface area contributed by atoms with E-state index in [1.165, 1.54) is 5.56 Å². The summed E-state index contributed by atoms with van der Waals surface area (Å²) in [4.78, 5) is 4.32. The van der Waals surface area contributed by atoms with E-state index >= 15 is 0 Å². The first-order valence-corrected chi connectivity index (χ1v) is 5.61.